The number of pyridine rings is 1. The van der Waals surface area contributed by atoms with E-state index in [1.807, 2.05) is 30.1 Å². The molecule has 76 valence electrons. The summed E-state index contributed by atoms with van der Waals surface area (Å²) in [5, 5.41) is 4.59. The Morgan fingerprint density at radius 1 is 1.43 bits per heavy atom. The van der Waals surface area contributed by atoms with Crippen molar-refractivity contribution in [2.45, 2.75) is 17.9 Å². The predicted octanol–water partition coefficient (Wildman–Crippen LogP) is 2.17. The molecule has 1 aromatic rings. The number of rotatable bonds is 6. The SMILES string of the molecule is c1ccc(SCCNCC2CC2)nc1. The van der Waals surface area contributed by atoms with Gasteiger partial charge in [0, 0.05) is 18.5 Å². The number of nitrogens with zero attached hydrogens (tertiary/aromatic N) is 1. The van der Waals surface area contributed by atoms with Crippen molar-refractivity contribution < 1.29 is 0 Å². The van der Waals surface area contributed by atoms with Crippen molar-refractivity contribution in [2.75, 3.05) is 18.8 Å². The Kier molecular flexibility index (Phi) is 3.83. The number of hydrogen-bond donors (Lipinski definition) is 1. The van der Waals surface area contributed by atoms with Crippen LogP contribution in [0.2, 0.25) is 0 Å². The lowest BCUT2D eigenvalue weighted by atomic mass is 10.4. The van der Waals surface area contributed by atoms with E-state index in [1.165, 1.54) is 19.4 Å². The number of thioether (sulfide) groups is 1. The molecule has 1 saturated carbocycles. The summed E-state index contributed by atoms with van der Waals surface area (Å²) in [6.45, 7) is 2.31. The zero-order valence-electron chi connectivity index (χ0n) is 8.28. The van der Waals surface area contributed by atoms with Crippen LogP contribution in [0.1, 0.15) is 12.8 Å². The van der Waals surface area contributed by atoms with Gasteiger partial charge in [-0.25, -0.2) is 4.98 Å². The quantitative estimate of drug-likeness (QED) is 0.573. The maximum atomic E-state index is 4.26. The fourth-order valence-electron chi connectivity index (χ4n) is 1.29. The van der Waals surface area contributed by atoms with Crippen molar-refractivity contribution in [1.82, 2.24) is 10.3 Å². The molecule has 3 heteroatoms. The smallest absolute Gasteiger partial charge is 0.0960 e. The summed E-state index contributed by atoms with van der Waals surface area (Å²) in [4.78, 5) is 4.26. The Morgan fingerprint density at radius 2 is 2.36 bits per heavy atom. The first-order chi connectivity index (χ1) is 6.95. The zero-order chi connectivity index (χ0) is 9.64. The van der Waals surface area contributed by atoms with Gasteiger partial charge in [-0.2, -0.15) is 0 Å². The largest absolute Gasteiger partial charge is 0.316 e. The van der Waals surface area contributed by atoms with Gasteiger partial charge in [-0.1, -0.05) is 6.07 Å². The molecular weight excluding hydrogens is 192 g/mol. The van der Waals surface area contributed by atoms with Crippen LogP contribution in [0.15, 0.2) is 29.4 Å². The molecule has 1 fully saturated rings. The maximum Gasteiger partial charge on any atom is 0.0960 e. The van der Waals surface area contributed by atoms with Crippen molar-refractivity contribution >= 4 is 11.8 Å². The van der Waals surface area contributed by atoms with Gasteiger partial charge in [0.05, 0.1) is 5.03 Å². The van der Waals surface area contributed by atoms with E-state index < -0.39 is 0 Å². The highest BCUT2D eigenvalue weighted by Gasteiger charge is 2.19. The standard InChI is InChI=1S/C11H16N2S/c1-2-6-13-11(3-1)14-8-7-12-9-10-4-5-10/h1-3,6,10,12H,4-5,7-9H2. The minimum Gasteiger partial charge on any atom is -0.316 e. The van der Waals surface area contributed by atoms with Crippen LogP contribution in [0.4, 0.5) is 0 Å². The second-order valence-electron chi connectivity index (χ2n) is 3.66. The molecule has 1 aromatic heterocycles. The topological polar surface area (TPSA) is 24.9 Å². The Hall–Kier alpha value is -0.540. The Balaban J connectivity index is 1.54. The minimum atomic E-state index is 0.981. The van der Waals surface area contributed by atoms with Crippen LogP contribution < -0.4 is 5.32 Å². The first kappa shape index (κ1) is 9.99. The monoisotopic (exact) mass is 208 g/mol. The van der Waals surface area contributed by atoms with Gasteiger partial charge >= 0.3 is 0 Å². The summed E-state index contributed by atoms with van der Waals surface area (Å²) >= 11 is 1.82. The van der Waals surface area contributed by atoms with Crippen molar-refractivity contribution in [2.24, 2.45) is 5.92 Å². The molecule has 14 heavy (non-hydrogen) atoms. The van der Waals surface area contributed by atoms with E-state index in [4.69, 9.17) is 0 Å². The molecule has 0 saturated heterocycles. The van der Waals surface area contributed by atoms with E-state index in [9.17, 15) is 0 Å². The molecule has 2 rings (SSSR count). The fourth-order valence-corrected chi connectivity index (χ4v) is 2.05. The summed E-state index contributed by atoms with van der Waals surface area (Å²) < 4.78 is 0. The highest BCUT2D eigenvalue weighted by Crippen LogP contribution is 2.27. The second-order valence-corrected chi connectivity index (χ2v) is 4.78. The Labute approximate surface area is 89.5 Å². The van der Waals surface area contributed by atoms with Crippen LogP contribution in [0, 0.1) is 5.92 Å². The molecule has 1 aliphatic rings. The van der Waals surface area contributed by atoms with Gasteiger partial charge in [-0.15, -0.1) is 11.8 Å². The molecule has 0 spiro atoms. The van der Waals surface area contributed by atoms with Gasteiger partial charge in [-0.05, 0) is 37.4 Å². The third kappa shape index (κ3) is 3.68. The van der Waals surface area contributed by atoms with Crippen LogP contribution in [0.5, 0.6) is 0 Å². The number of aromatic nitrogens is 1. The average molecular weight is 208 g/mol. The highest BCUT2D eigenvalue weighted by atomic mass is 32.2. The lowest BCUT2D eigenvalue weighted by Crippen LogP contribution is -2.19. The molecule has 0 atom stereocenters. The molecule has 0 aliphatic heterocycles. The molecule has 1 heterocycles. The second kappa shape index (κ2) is 5.37. The summed E-state index contributed by atoms with van der Waals surface area (Å²) in [5.41, 5.74) is 0. The van der Waals surface area contributed by atoms with Gasteiger partial charge in [0.1, 0.15) is 0 Å². The molecular formula is C11H16N2S. The predicted molar refractivity (Wildman–Crippen MR) is 60.6 cm³/mol. The van der Waals surface area contributed by atoms with Gasteiger partial charge in [0.15, 0.2) is 0 Å². The average Bonchev–Trinajstić information content (AvgIpc) is 3.03. The molecule has 1 N–H and O–H groups in total. The maximum absolute atomic E-state index is 4.26. The van der Waals surface area contributed by atoms with Crippen LogP contribution in [-0.2, 0) is 0 Å². The van der Waals surface area contributed by atoms with Crippen LogP contribution in [0.25, 0.3) is 0 Å². The van der Waals surface area contributed by atoms with Gasteiger partial charge in [-0.3, -0.25) is 0 Å². The lowest BCUT2D eigenvalue weighted by molar-refractivity contribution is 0.665. The van der Waals surface area contributed by atoms with E-state index in [-0.39, 0.29) is 0 Å². The molecule has 0 radical (unpaired) electrons. The van der Waals surface area contributed by atoms with E-state index in [1.54, 1.807) is 0 Å². The first-order valence-electron chi connectivity index (χ1n) is 5.20. The Morgan fingerprint density at radius 3 is 3.07 bits per heavy atom. The summed E-state index contributed by atoms with van der Waals surface area (Å²) in [7, 11) is 0. The molecule has 2 nitrogen and oxygen atoms in total. The number of hydrogen-bond acceptors (Lipinski definition) is 3. The van der Waals surface area contributed by atoms with Crippen molar-refractivity contribution in [3.8, 4) is 0 Å². The highest BCUT2D eigenvalue weighted by molar-refractivity contribution is 7.99. The molecule has 0 bridgehead atoms. The fraction of sp³-hybridized carbons (Fsp3) is 0.545. The van der Waals surface area contributed by atoms with Crippen LogP contribution in [-0.4, -0.2) is 23.8 Å². The molecule has 1 aliphatic carbocycles. The third-order valence-corrected chi connectivity index (χ3v) is 3.24. The van der Waals surface area contributed by atoms with E-state index in [0.717, 1.165) is 23.2 Å². The van der Waals surface area contributed by atoms with Crippen molar-refractivity contribution in [3.05, 3.63) is 24.4 Å². The van der Waals surface area contributed by atoms with E-state index in [2.05, 4.69) is 16.4 Å². The molecule has 0 aromatic carbocycles. The number of nitrogens with one attached hydrogen (secondary N) is 1. The van der Waals surface area contributed by atoms with E-state index in [0.29, 0.717) is 0 Å². The third-order valence-electron chi connectivity index (χ3n) is 2.30. The van der Waals surface area contributed by atoms with Crippen LogP contribution >= 0.6 is 11.8 Å². The van der Waals surface area contributed by atoms with E-state index >= 15 is 0 Å². The van der Waals surface area contributed by atoms with Gasteiger partial charge in [0.2, 0.25) is 0 Å². The Bertz CT molecular complexity index is 259. The lowest BCUT2D eigenvalue weighted by Gasteiger charge is -2.02. The zero-order valence-corrected chi connectivity index (χ0v) is 9.09. The van der Waals surface area contributed by atoms with Crippen molar-refractivity contribution in [1.29, 1.82) is 0 Å². The summed E-state index contributed by atoms with van der Waals surface area (Å²) in [5.74, 6) is 2.10. The first-order valence-corrected chi connectivity index (χ1v) is 6.18. The van der Waals surface area contributed by atoms with Gasteiger partial charge in [0.25, 0.3) is 0 Å². The molecule has 0 amide bonds. The normalized spacial score (nSPS) is 15.7. The van der Waals surface area contributed by atoms with Crippen molar-refractivity contribution in [3.63, 3.8) is 0 Å². The summed E-state index contributed by atoms with van der Waals surface area (Å²) in [6.07, 6.45) is 4.71. The van der Waals surface area contributed by atoms with Gasteiger partial charge < -0.3 is 5.32 Å². The van der Waals surface area contributed by atoms with Crippen LogP contribution in [0.3, 0.4) is 0 Å². The molecule has 0 unspecified atom stereocenters. The summed E-state index contributed by atoms with van der Waals surface area (Å²) in [6, 6.07) is 6.05. The minimum absolute atomic E-state index is 0.981.